The first-order valence-corrected chi connectivity index (χ1v) is 14.2. The van der Waals surface area contributed by atoms with Gasteiger partial charge in [0.15, 0.2) is 0 Å². The number of morpholine rings is 1. The third kappa shape index (κ3) is 6.77. The highest BCUT2D eigenvalue weighted by Gasteiger charge is 2.35. The van der Waals surface area contributed by atoms with Gasteiger partial charge in [0.05, 0.1) is 18.1 Å². The molecule has 0 bridgehead atoms. The van der Waals surface area contributed by atoms with Crippen molar-refractivity contribution < 1.29 is 14.3 Å². The van der Waals surface area contributed by atoms with Crippen molar-refractivity contribution in [1.82, 2.24) is 15.1 Å². The van der Waals surface area contributed by atoms with Gasteiger partial charge in [-0.25, -0.2) is 0 Å². The Kier molecular flexibility index (Phi) is 8.38. The second-order valence-corrected chi connectivity index (χ2v) is 11.6. The molecular weight excluding hydrogens is 522 g/mol. The van der Waals surface area contributed by atoms with Gasteiger partial charge in [-0.15, -0.1) is 10.2 Å². The molecule has 2 saturated heterocycles. The van der Waals surface area contributed by atoms with Gasteiger partial charge < -0.3 is 15.0 Å². The van der Waals surface area contributed by atoms with E-state index in [0.29, 0.717) is 16.7 Å². The first-order chi connectivity index (χ1) is 18.3. The molecule has 2 amide bonds. The molecule has 0 saturated carbocycles. The number of ether oxygens (including phenoxy) is 1. The normalized spacial score (nSPS) is 22.1. The molecule has 0 radical (unpaired) electrons. The van der Waals surface area contributed by atoms with Crippen LogP contribution in [-0.2, 0) is 33.7 Å². The second kappa shape index (κ2) is 11.9. The van der Waals surface area contributed by atoms with Crippen molar-refractivity contribution in [2.75, 3.05) is 29.9 Å². The van der Waals surface area contributed by atoms with Crippen molar-refractivity contribution in [2.24, 2.45) is 5.92 Å². The fourth-order valence-corrected chi connectivity index (χ4v) is 5.97. The standard InChI is InChI=1S/C28H32ClN5O3S/c1-18-14-33(15-19(2)37-18)16-21-5-10-24(11-6-21)34-17-22(13-26(34)35)27(36)30-28-32-31-25(38-28)12-7-20-3-8-23(29)9-4-20/h3-6,8-11,18-19,22H,7,12-17H2,1-2H3,(H,30,32,36)/t18-,19?,22?/m0/s1. The van der Waals surface area contributed by atoms with Crippen LogP contribution in [0.15, 0.2) is 48.5 Å². The van der Waals surface area contributed by atoms with E-state index in [4.69, 9.17) is 16.3 Å². The van der Waals surface area contributed by atoms with Crippen LogP contribution in [0.1, 0.15) is 36.4 Å². The Bertz CT molecular complexity index is 1260. The number of nitrogens with one attached hydrogen (secondary N) is 1. The summed E-state index contributed by atoms with van der Waals surface area (Å²) in [4.78, 5) is 29.8. The maximum absolute atomic E-state index is 12.9. The third-order valence-electron chi connectivity index (χ3n) is 6.88. The highest BCUT2D eigenvalue weighted by molar-refractivity contribution is 7.15. The summed E-state index contributed by atoms with van der Waals surface area (Å²) in [5.74, 6) is -0.678. The molecule has 3 heterocycles. The minimum Gasteiger partial charge on any atom is -0.373 e. The number of hydrogen-bond donors (Lipinski definition) is 1. The lowest BCUT2D eigenvalue weighted by atomic mass is 10.1. The number of carbonyl (C=O) groups is 2. The monoisotopic (exact) mass is 553 g/mol. The van der Waals surface area contributed by atoms with Crippen molar-refractivity contribution in [2.45, 2.75) is 51.9 Å². The van der Waals surface area contributed by atoms with Gasteiger partial charge in [0.1, 0.15) is 5.01 Å². The number of rotatable bonds is 8. The highest BCUT2D eigenvalue weighted by atomic mass is 35.5. The summed E-state index contributed by atoms with van der Waals surface area (Å²) in [5, 5.41) is 13.2. The van der Waals surface area contributed by atoms with E-state index in [2.05, 4.69) is 46.4 Å². The largest absolute Gasteiger partial charge is 0.373 e. The maximum atomic E-state index is 12.9. The van der Waals surface area contributed by atoms with E-state index in [1.807, 2.05) is 36.4 Å². The van der Waals surface area contributed by atoms with E-state index in [0.717, 1.165) is 48.7 Å². The van der Waals surface area contributed by atoms with Crippen LogP contribution in [0.2, 0.25) is 5.02 Å². The van der Waals surface area contributed by atoms with Gasteiger partial charge in [0.25, 0.3) is 0 Å². The van der Waals surface area contributed by atoms with Crippen LogP contribution in [0.5, 0.6) is 0 Å². The first kappa shape index (κ1) is 26.7. The molecule has 2 aromatic carbocycles. The SMILES string of the molecule is CC1CN(Cc2ccc(N3CC(C(=O)Nc4nnc(CCc5ccc(Cl)cc5)s4)CC3=O)cc2)C[C@H](C)O1. The second-order valence-electron chi connectivity index (χ2n) is 10.1. The lowest BCUT2D eigenvalue weighted by Gasteiger charge is -2.35. The number of carbonyl (C=O) groups excluding carboxylic acids is 2. The highest BCUT2D eigenvalue weighted by Crippen LogP contribution is 2.27. The summed E-state index contributed by atoms with van der Waals surface area (Å²) < 4.78 is 5.82. The topological polar surface area (TPSA) is 87.7 Å². The molecule has 2 fully saturated rings. The van der Waals surface area contributed by atoms with Crippen molar-refractivity contribution in [3.05, 3.63) is 69.7 Å². The van der Waals surface area contributed by atoms with E-state index in [9.17, 15) is 9.59 Å². The molecule has 3 atom stereocenters. The lowest BCUT2D eigenvalue weighted by Crippen LogP contribution is -2.44. The Morgan fingerprint density at radius 1 is 1.00 bits per heavy atom. The minimum atomic E-state index is -0.431. The quantitative estimate of drug-likeness (QED) is 0.439. The van der Waals surface area contributed by atoms with Gasteiger partial charge in [-0.2, -0.15) is 0 Å². The molecule has 1 N–H and O–H groups in total. The summed E-state index contributed by atoms with van der Waals surface area (Å²) in [6.45, 7) is 7.22. The molecular formula is C28H32ClN5O3S. The molecule has 1 aromatic heterocycles. The average molecular weight is 554 g/mol. The molecule has 0 aliphatic carbocycles. The number of benzene rings is 2. The van der Waals surface area contributed by atoms with Crippen LogP contribution in [0.25, 0.3) is 0 Å². The maximum Gasteiger partial charge on any atom is 0.231 e. The molecule has 3 aromatic rings. The van der Waals surface area contributed by atoms with Crippen molar-refractivity contribution in [3.8, 4) is 0 Å². The fraction of sp³-hybridized carbons (Fsp3) is 0.429. The minimum absolute atomic E-state index is 0.0466. The third-order valence-corrected chi connectivity index (χ3v) is 8.03. The smallest absolute Gasteiger partial charge is 0.231 e. The first-order valence-electron chi connectivity index (χ1n) is 13.0. The van der Waals surface area contributed by atoms with Crippen molar-refractivity contribution in [3.63, 3.8) is 0 Å². The van der Waals surface area contributed by atoms with E-state index < -0.39 is 5.92 Å². The van der Waals surface area contributed by atoms with Crippen LogP contribution in [0.4, 0.5) is 10.8 Å². The van der Waals surface area contributed by atoms with Gasteiger partial charge in [-0.3, -0.25) is 14.5 Å². The molecule has 2 aliphatic rings. The summed E-state index contributed by atoms with van der Waals surface area (Å²) in [6.07, 6.45) is 2.17. The van der Waals surface area contributed by atoms with Crippen LogP contribution in [-0.4, -0.2) is 58.8 Å². The zero-order valence-corrected chi connectivity index (χ0v) is 23.2. The number of nitrogens with zero attached hydrogens (tertiary/aromatic N) is 4. The van der Waals surface area contributed by atoms with E-state index in [-0.39, 0.29) is 30.4 Å². The Hall–Kier alpha value is -2.85. The number of aryl methyl sites for hydroxylation is 2. The summed E-state index contributed by atoms with van der Waals surface area (Å²) >= 11 is 7.31. The number of hydrogen-bond acceptors (Lipinski definition) is 7. The Balaban J connectivity index is 1.12. The number of amides is 2. The van der Waals surface area contributed by atoms with E-state index in [1.54, 1.807) is 4.90 Å². The van der Waals surface area contributed by atoms with Crippen molar-refractivity contribution >= 4 is 45.6 Å². The molecule has 0 spiro atoms. The average Bonchev–Trinajstić information content (AvgIpc) is 3.50. The molecule has 38 heavy (non-hydrogen) atoms. The number of anilines is 2. The number of halogens is 1. The lowest BCUT2D eigenvalue weighted by molar-refractivity contribution is -0.122. The van der Waals surface area contributed by atoms with E-state index >= 15 is 0 Å². The van der Waals surface area contributed by atoms with Crippen LogP contribution < -0.4 is 10.2 Å². The number of aromatic nitrogens is 2. The summed E-state index contributed by atoms with van der Waals surface area (Å²) in [7, 11) is 0. The molecule has 5 rings (SSSR count). The van der Waals surface area contributed by atoms with Gasteiger partial charge in [-0.05, 0) is 55.7 Å². The Labute approximate surface area is 232 Å². The van der Waals surface area contributed by atoms with Crippen LogP contribution >= 0.6 is 22.9 Å². The Morgan fingerprint density at radius 3 is 2.39 bits per heavy atom. The predicted molar refractivity (Wildman–Crippen MR) is 150 cm³/mol. The molecule has 2 aliphatic heterocycles. The summed E-state index contributed by atoms with van der Waals surface area (Å²) in [5.41, 5.74) is 3.18. The fourth-order valence-electron chi connectivity index (χ4n) is 5.10. The van der Waals surface area contributed by atoms with Gasteiger partial charge in [0.2, 0.25) is 16.9 Å². The van der Waals surface area contributed by atoms with Gasteiger partial charge >= 0.3 is 0 Å². The zero-order chi connectivity index (χ0) is 26.6. The van der Waals surface area contributed by atoms with E-state index in [1.165, 1.54) is 16.9 Å². The van der Waals surface area contributed by atoms with Gasteiger partial charge in [-0.1, -0.05) is 47.2 Å². The Morgan fingerprint density at radius 2 is 1.68 bits per heavy atom. The summed E-state index contributed by atoms with van der Waals surface area (Å²) in [6, 6.07) is 15.8. The molecule has 8 nitrogen and oxygen atoms in total. The van der Waals surface area contributed by atoms with Crippen molar-refractivity contribution in [1.29, 1.82) is 0 Å². The molecule has 2 unspecified atom stereocenters. The predicted octanol–water partition coefficient (Wildman–Crippen LogP) is 4.58. The van der Waals surface area contributed by atoms with Crippen LogP contribution in [0, 0.1) is 5.92 Å². The molecule has 10 heteroatoms. The zero-order valence-electron chi connectivity index (χ0n) is 21.6. The van der Waals surface area contributed by atoms with Gasteiger partial charge in [0, 0.05) is 49.7 Å². The molecule has 200 valence electrons. The van der Waals surface area contributed by atoms with Crippen LogP contribution in [0.3, 0.4) is 0 Å².